The van der Waals surface area contributed by atoms with Crippen molar-refractivity contribution in [1.82, 2.24) is 4.90 Å². The van der Waals surface area contributed by atoms with Crippen LogP contribution >= 0.6 is 0 Å². The Labute approximate surface area is 107 Å². The molecule has 0 N–H and O–H groups in total. The van der Waals surface area contributed by atoms with E-state index in [1.54, 1.807) is 24.1 Å². The van der Waals surface area contributed by atoms with Crippen LogP contribution < -0.4 is 4.74 Å². The number of methoxy groups -OCH3 is 1. The number of hydrogen-bond donors (Lipinski definition) is 0. The first-order valence-electron chi connectivity index (χ1n) is 6.25. The molecule has 2 rings (SSSR count). The van der Waals surface area contributed by atoms with Gasteiger partial charge in [0.25, 0.3) is 0 Å². The van der Waals surface area contributed by atoms with Crippen LogP contribution in [0.25, 0.3) is 0 Å². The summed E-state index contributed by atoms with van der Waals surface area (Å²) in [4.78, 5) is 13.7. The molecule has 1 aromatic rings. The van der Waals surface area contributed by atoms with Crippen molar-refractivity contribution in [2.45, 2.75) is 19.4 Å². The van der Waals surface area contributed by atoms with Gasteiger partial charge in [0.1, 0.15) is 5.75 Å². The molecule has 1 aromatic carbocycles. The fraction of sp³-hybridized carbons (Fsp3) is 0.500. The molecule has 1 heterocycles. The van der Waals surface area contributed by atoms with Crippen LogP contribution in [0.5, 0.6) is 5.75 Å². The van der Waals surface area contributed by atoms with Crippen LogP contribution in [0.1, 0.15) is 13.3 Å². The molecule has 4 nitrogen and oxygen atoms in total. The molecule has 18 heavy (non-hydrogen) atoms. The summed E-state index contributed by atoms with van der Waals surface area (Å²) in [7, 11) is 1.69. The lowest BCUT2D eigenvalue weighted by Gasteiger charge is -2.35. The molecular weight excluding hydrogens is 230 g/mol. The van der Waals surface area contributed by atoms with Gasteiger partial charge in [-0.1, -0.05) is 25.1 Å². The lowest BCUT2D eigenvalue weighted by atomic mass is 9.96. The Morgan fingerprint density at radius 3 is 2.72 bits per heavy atom. The molecule has 1 amide bonds. The molecule has 98 valence electrons. The second kappa shape index (κ2) is 5.87. The Kier molecular flexibility index (Phi) is 4.20. The van der Waals surface area contributed by atoms with E-state index in [1.165, 1.54) is 0 Å². The van der Waals surface area contributed by atoms with E-state index in [2.05, 4.69) is 6.92 Å². The van der Waals surface area contributed by atoms with E-state index in [1.807, 2.05) is 18.2 Å². The largest absolute Gasteiger partial charge is 0.415 e. The average molecular weight is 249 g/mol. The first-order chi connectivity index (χ1) is 8.70. The highest BCUT2D eigenvalue weighted by molar-refractivity contribution is 5.70. The van der Waals surface area contributed by atoms with Gasteiger partial charge in [0.2, 0.25) is 0 Å². The third kappa shape index (κ3) is 3.01. The zero-order valence-corrected chi connectivity index (χ0v) is 10.8. The van der Waals surface area contributed by atoms with Gasteiger partial charge in [-0.2, -0.15) is 0 Å². The molecular formula is C14H19NO3. The van der Waals surface area contributed by atoms with Crippen LogP contribution in [0.3, 0.4) is 0 Å². The number of rotatable bonds is 2. The fourth-order valence-electron chi connectivity index (χ4n) is 2.16. The second-order valence-electron chi connectivity index (χ2n) is 4.67. The molecule has 2 atom stereocenters. The number of carbonyl (C=O) groups excluding carboxylic acids is 1. The number of hydrogen-bond acceptors (Lipinski definition) is 3. The Bertz CT molecular complexity index is 393. The second-order valence-corrected chi connectivity index (χ2v) is 4.67. The molecule has 0 aliphatic carbocycles. The maximum absolute atomic E-state index is 12.0. The Morgan fingerprint density at radius 2 is 2.06 bits per heavy atom. The molecule has 2 unspecified atom stereocenters. The van der Waals surface area contributed by atoms with Crippen LogP contribution in [-0.4, -0.2) is 37.3 Å². The van der Waals surface area contributed by atoms with E-state index in [0.29, 0.717) is 18.2 Å². The summed E-state index contributed by atoms with van der Waals surface area (Å²) in [6.07, 6.45) is 0.750. The summed E-state index contributed by atoms with van der Waals surface area (Å²) in [5, 5.41) is 0. The van der Waals surface area contributed by atoms with Gasteiger partial charge in [-0.15, -0.1) is 0 Å². The number of likely N-dealkylation sites (tertiary alicyclic amines) is 1. The van der Waals surface area contributed by atoms with Gasteiger partial charge in [0.05, 0.1) is 12.6 Å². The van der Waals surface area contributed by atoms with E-state index in [0.717, 1.165) is 13.0 Å². The summed E-state index contributed by atoms with van der Waals surface area (Å²) in [6.45, 7) is 3.48. The van der Waals surface area contributed by atoms with Gasteiger partial charge in [0.15, 0.2) is 0 Å². The summed E-state index contributed by atoms with van der Waals surface area (Å²) < 4.78 is 10.7. The number of amides is 1. The summed E-state index contributed by atoms with van der Waals surface area (Å²) >= 11 is 0. The normalized spacial score (nSPS) is 23.8. The van der Waals surface area contributed by atoms with Gasteiger partial charge in [0, 0.05) is 13.7 Å². The zero-order valence-electron chi connectivity index (χ0n) is 10.8. The Hall–Kier alpha value is -1.55. The molecule has 1 aliphatic heterocycles. The number of carbonyl (C=O) groups is 1. The van der Waals surface area contributed by atoms with Gasteiger partial charge in [-0.25, -0.2) is 4.79 Å². The van der Waals surface area contributed by atoms with Crippen LogP contribution in [-0.2, 0) is 4.74 Å². The predicted octanol–water partition coefficient (Wildman–Crippen LogP) is 2.54. The van der Waals surface area contributed by atoms with Crippen molar-refractivity contribution in [2.24, 2.45) is 5.92 Å². The van der Waals surface area contributed by atoms with Crippen molar-refractivity contribution >= 4 is 6.09 Å². The lowest BCUT2D eigenvalue weighted by molar-refractivity contribution is 0.00101. The van der Waals surface area contributed by atoms with Gasteiger partial charge < -0.3 is 14.4 Å². The maximum atomic E-state index is 12.0. The molecule has 0 bridgehead atoms. The highest BCUT2D eigenvalue weighted by atomic mass is 16.6. The molecule has 1 aliphatic rings. The van der Waals surface area contributed by atoms with Crippen molar-refractivity contribution in [1.29, 1.82) is 0 Å². The maximum Gasteiger partial charge on any atom is 0.415 e. The smallest absolute Gasteiger partial charge is 0.410 e. The third-order valence-corrected chi connectivity index (χ3v) is 3.40. The SMILES string of the molecule is COC1CN(C(=O)Oc2ccccc2)CCC1C. The third-order valence-electron chi connectivity index (χ3n) is 3.40. The quantitative estimate of drug-likeness (QED) is 0.808. The molecule has 1 fully saturated rings. The first kappa shape index (κ1) is 12.9. The average Bonchev–Trinajstić information content (AvgIpc) is 2.40. The minimum Gasteiger partial charge on any atom is -0.410 e. The number of benzene rings is 1. The van der Waals surface area contributed by atoms with E-state index in [4.69, 9.17) is 9.47 Å². The van der Waals surface area contributed by atoms with Crippen LogP contribution in [0.4, 0.5) is 4.79 Å². The van der Waals surface area contributed by atoms with Crippen molar-refractivity contribution in [2.75, 3.05) is 20.2 Å². The minimum absolute atomic E-state index is 0.0991. The van der Waals surface area contributed by atoms with Crippen molar-refractivity contribution < 1.29 is 14.3 Å². The Balaban J connectivity index is 1.93. The first-order valence-corrected chi connectivity index (χ1v) is 6.25. The van der Waals surface area contributed by atoms with Gasteiger partial charge in [-0.05, 0) is 24.5 Å². The highest BCUT2D eigenvalue weighted by Gasteiger charge is 2.29. The predicted molar refractivity (Wildman–Crippen MR) is 68.6 cm³/mol. The van der Waals surface area contributed by atoms with E-state index in [9.17, 15) is 4.79 Å². The van der Waals surface area contributed by atoms with Gasteiger partial charge >= 0.3 is 6.09 Å². The molecule has 4 heteroatoms. The zero-order chi connectivity index (χ0) is 13.0. The molecule has 0 saturated carbocycles. The fourth-order valence-corrected chi connectivity index (χ4v) is 2.16. The standard InChI is InChI=1S/C14H19NO3/c1-11-8-9-15(10-13(11)17-2)14(16)18-12-6-4-3-5-7-12/h3-7,11,13H,8-10H2,1-2H3. The minimum atomic E-state index is -0.296. The molecule has 0 radical (unpaired) electrons. The van der Waals surface area contributed by atoms with E-state index < -0.39 is 0 Å². The van der Waals surface area contributed by atoms with Crippen molar-refractivity contribution in [3.8, 4) is 5.75 Å². The van der Waals surface area contributed by atoms with Crippen LogP contribution in [0, 0.1) is 5.92 Å². The van der Waals surface area contributed by atoms with Gasteiger partial charge in [-0.3, -0.25) is 0 Å². The summed E-state index contributed by atoms with van der Waals surface area (Å²) in [5.74, 6) is 1.06. The topological polar surface area (TPSA) is 38.8 Å². The summed E-state index contributed by atoms with van der Waals surface area (Å²) in [5.41, 5.74) is 0. The van der Waals surface area contributed by atoms with E-state index >= 15 is 0 Å². The van der Waals surface area contributed by atoms with E-state index in [-0.39, 0.29) is 12.2 Å². The molecule has 0 aromatic heterocycles. The van der Waals surface area contributed by atoms with Crippen LogP contribution in [0.2, 0.25) is 0 Å². The number of piperidine rings is 1. The van der Waals surface area contributed by atoms with Crippen LogP contribution in [0.15, 0.2) is 30.3 Å². The number of ether oxygens (including phenoxy) is 2. The molecule has 0 spiro atoms. The van der Waals surface area contributed by atoms with Crippen molar-refractivity contribution in [3.63, 3.8) is 0 Å². The summed E-state index contributed by atoms with van der Waals surface area (Å²) in [6, 6.07) is 9.13. The highest BCUT2D eigenvalue weighted by Crippen LogP contribution is 2.20. The number of nitrogens with zero attached hydrogens (tertiary/aromatic N) is 1. The Morgan fingerprint density at radius 1 is 1.33 bits per heavy atom. The van der Waals surface area contributed by atoms with Crippen molar-refractivity contribution in [3.05, 3.63) is 30.3 Å². The molecule has 1 saturated heterocycles. The lowest BCUT2D eigenvalue weighted by Crippen LogP contribution is -2.47. The number of para-hydroxylation sites is 1. The monoisotopic (exact) mass is 249 g/mol.